The van der Waals surface area contributed by atoms with Crippen molar-refractivity contribution in [2.24, 2.45) is 5.73 Å². The van der Waals surface area contributed by atoms with Crippen LogP contribution in [0.5, 0.6) is 0 Å². The third-order valence-electron chi connectivity index (χ3n) is 3.03. The zero-order chi connectivity index (χ0) is 15.3. The molecule has 0 aliphatic carbocycles. The van der Waals surface area contributed by atoms with Crippen molar-refractivity contribution in [3.63, 3.8) is 0 Å². The van der Waals surface area contributed by atoms with E-state index in [1.807, 2.05) is 39.0 Å². The van der Waals surface area contributed by atoms with Crippen LogP contribution in [0.4, 0.5) is 10.5 Å². The molecule has 5 nitrogen and oxygen atoms in total. The molecule has 2 amide bonds. The van der Waals surface area contributed by atoms with Crippen LogP contribution < -0.4 is 10.6 Å². The molecule has 0 saturated carbocycles. The lowest BCUT2D eigenvalue weighted by atomic mass is 10.1. The number of para-hydroxylation sites is 1. The molecule has 0 aromatic heterocycles. The van der Waals surface area contributed by atoms with Crippen LogP contribution in [-0.4, -0.2) is 30.0 Å². The predicted molar refractivity (Wildman–Crippen MR) is 81.8 cm³/mol. The predicted octanol–water partition coefficient (Wildman–Crippen LogP) is 2.08. The van der Waals surface area contributed by atoms with Crippen LogP contribution in [0, 0.1) is 31.6 Å². The number of nitrogens with one attached hydrogen (secondary N) is 1. The molecule has 0 heterocycles. The summed E-state index contributed by atoms with van der Waals surface area (Å²) in [7, 11) is 0. The maximum Gasteiger partial charge on any atom is 0.332 e. The van der Waals surface area contributed by atoms with E-state index in [1.165, 1.54) is 0 Å². The first kappa shape index (κ1) is 15.6. The van der Waals surface area contributed by atoms with Crippen LogP contribution in [0.3, 0.4) is 0 Å². The summed E-state index contributed by atoms with van der Waals surface area (Å²) < 4.78 is 0. The molecule has 3 N–H and O–H groups in total. The summed E-state index contributed by atoms with van der Waals surface area (Å²) >= 11 is 0. The van der Waals surface area contributed by atoms with Crippen molar-refractivity contribution in [1.82, 2.24) is 4.90 Å². The van der Waals surface area contributed by atoms with E-state index in [9.17, 15) is 4.79 Å². The number of amides is 2. The van der Waals surface area contributed by atoms with E-state index >= 15 is 0 Å². The minimum atomic E-state index is -0.379. The number of terminal acetylenes is 1. The van der Waals surface area contributed by atoms with Gasteiger partial charge in [0.2, 0.25) is 0 Å². The van der Waals surface area contributed by atoms with Gasteiger partial charge in [0.15, 0.2) is 5.96 Å². The van der Waals surface area contributed by atoms with Gasteiger partial charge in [0, 0.05) is 6.54 Å². The van der Waals surface area contributed by atoms with Crippen LogP contribution in [0.1, 0.15) is 18.1 Å². The van der Waals surface area contributed by atoms with E-state index in [2.05, 4.69) is 5.92 Å². The van der Waals surface area contributed by atoms with Gasteiger partial charge in [-0.25, -0.2) is 4.79 Å². The van der Waals surface area contributed by atoms with Crippen molar-refractivity contribution < 1.29 is 4.79 Å². The fourth-order valence-corrected chi connectivity index (χ4v) is 2.11. The summed E-state index contributed by atoms with van der Waals surface area (Å²) in [4.78, 5) is 15.2. The summed E-state index contributed by atoms with van der Waals surface area (Å²) in [6.07, 6.45) is 5.23. The van der Waals surface area contributed by atoms with Crippen molar-refractivity contribution in [3.05, 3.63) is 29.3 Å². The molecule has 5 heteroatoms. The Hall–Kier alpha value is -2.48. The number of benzene rings is 1. The second-order valence-corrected chi connectivity index (χ2v) is 4.44. The number of nitrogens with zero attached hydrogens (tertiary/aromatic N) is 2. The van der Waals surface area contributed by atoms with Gasteiger partial charge in [0.25, 0.3) is 0 Å². The molecule has 0 atom stereocenters. The molecule has 1 aromatic carbocycles. The smallest absolute Gasteiger partial charge is 0.332 e. The number of anilines is 1. The molecule has 0 unspecified atom stereocenters. The lowest BCUT2D eigenvalue weighted by Gasteiger charge is -2.29. The Morgan fingerprint density at radius 2 is 1.95 bits per heavy atom. The summed E-state index contributed by atoms with van der Waals surface area (Å²) in [6, 6.07) is 5.45. The number of rotatable bonds is 3. The fourth-order valence-electron chi connectivity index (χ4n) is 2.11. The maximum absolute atomic E-state index is 12.5. The van der Waals surface area contributed by atoms with Crippen LogP contribution in [-0.2, 0) is 0 Å². The SMILES string of the molecule is C#CCN(C(=N)N)C(=O)N(CC)c1c(C)cccc1C. The highest BCUT2D eigenvalue weighted by atomic mass is 16.2. The monoisotopic (exact) mass is 272 g/mol. The van der Waals surface area contributed by atoms with E-state index in [-0.39, 0.29) is 18.5 Å². The molecular formula is C15H20N4O. The summed E-state index contributed by atoms with van der Waals surface area (Å²) in [6.45, 7) is 6.21. The van der Waals surface area contributed by atoms with Crippen LogP contribution >= 0.6 is 0 Å². The van der Waals surface area contributed by atoms with E-state index in [4.69, 9.17) is 17.6 Å². The van der Waals surface area contributed by atoms with Gasteiger partial charge in [0.1, 0.15) is 0 Å². The molecule has 0 fully saturated rings. The number of hydrogen-bond donors (Lipinski definition) is 2. The van der Waals surface area contributed by atoms with Gasteiger partial charge >= 0.3 is 6.03 Å². The van der Waals surface area contributed by atoms with E-state index < -0.39 is 0 Å². The van der Waals surface area contributed by atoms with Gasteiger partial charge < -0.3 is 5.73 Å². The van der Waals surface area contributed by atoms with Gasteiger partial charge in [-0.2, -0.15) is 0 Å². The number of hydrogen-bond acceptors (Lipinski definition) is 2. The van der Waals surface area contributed by atoms with E-state index in [0.29, 0.717) is 6.54 Å². The standard InChI is InChI=1S/C15H20N4O/c1-5-10-19(14(16)17)15(20)18(6-2)13-11(3)8-7-9-12(13)4/h1,7-9H,6,10H2,2-4H3,(H3,16,17). The molecule has 20 heavy (non-hydrogen) atoms. The molecule has 0 aliphatic rings. The van der Waals surface area contributed by atoms with E-state index in [1.54, 1.807) is 4.90 Å². The molecule has 0 spiro atoms. The lowest BCUT2D eigenvalue weighted by Crippen LogP contribution is -2.49. The minimum absolute atomic E-state index is 0.0183. The highest BCUT2D eigenvalue weighted by Gasteiger charge is 2.24. The number of carbonyl (C=O) groups is 1. The number of aryl methyl sites for hydroxylation is 2. The van der Waals surface area contributed by atoms with Gasteiger partial charge in [-0.05, 0) is 31.9 Å². The van der Waals surface area contributed by atoms with Crippen LogP contribution in [0.15, 0.2) is 18.2 Å². The quantitative estimate of drug-likeness (QED) is 0.502. The maximum atomic E-state index is 12.5. The fraction of sp³-hybridized carbons (Fsp3) is 0.333. The molecule has 0 radical (unpaired) electrons. The zero-order valence-electron chi connectivity index (χ0n) is 12.1. The number of guanidine groups is 1. The normalized spacial score (nSPS) is 9.70. The molecule has 0 saturated heterocycles. The Morgan fingerprint density at radius 1 is 1.40 bits per heavy atom. The summed E-state index contributed by atoms with van der Waals surface area (Å²) in [5.41, 5.74) is 8.25. The van der Waals surface area contributed by atoms with Gasteiger partial charge in [-0.1, -0.05) is 24.1 Å². The first-order chi connectivity index (χ1) is 9.43. The zero-order valence-corrected chi connectivity index (χ0v) is 12.1. The Balaban J connectivity index is 3.22. The minimum Gasteiger partial charge on any atom is -0.370 e. The van der Waals surface area contributed by atoms with Crippen molar-refractivity contribution in [2.45, 2.75) is 20.8 Å². The van der Waals surface area contributed by atoms with Crippen molar-refractivity contribution >= 4 is 17.7 Å². The second kappa shape index (κ2) is 6.62. The number of nitrogens with two attached hydrogens (primary N) is 1. The number of carbonyl (C=O) groups excluding carboxylic acids is 1. The van der Waals surface area contributed by atoms with Gasteiger partial charge in [-0.15, -0.1) is 6.42 Å². The van der Waals surface area contributed by atoms with Crippen molar-refractivity contribution in [3.8, 4) is 12.3 Å². The molecular weight excluding hydrogens is 252 g/mol. The Morgan fingerprint density at radius 3 is 2.35 bits per heavy atom. The number of urea groups is 1. The highest BCUT2D eigenvalue weighted by molar-refractivity contribution is 6.03. The molecule has 0 bridgehead atoms. The average Bonchev–Trinajstić information content (AvgIpc) is 2.39. The Kier molecular flexibility index (Phi) is 5.15. The van der Waals surface area contributed by atoms with Crippen LogP contribution in [0.25, 0.3) is 0 Å². The molecule has 1 rings (SSSR count). The molecule has 106 valence electrons. The van der Waals surface area contributed by atoms with Gasteiger partial charge in [-0.3, -0.25) is 15.2 Å². The van der Waals surface area contributed by atoms with Crippen LogP contribution in [0.2, 0.25) is 0 Å². The third kappa shape index (κ3) is 3.09. The van der Waals surface area contributed by atoms with E-state index in [0.717, 1.165) is 21.7 Å². The Bertz CT molecular complexity index is 539. The third-order valence-corrected chi connectivity index (χ3v) is 3.03. The van der Waals surface area contributed by atoms with Crippen molar-refractivity contribution in [1.29, 1.82) is 5.41 Å². The molecule has 0 aliphatic heterocycles. The molecule has 1 aromatic rings. The Labute approximate surface area is 119 Å². The van der Waals surface area contributed by atoms with Gasteiger partial charge in [0.05, 0.1) is 12.2 Å². The second-order valence-electron chi connectivity index (χ2n) is 4.44. The largest absolute Gasteiger partial charge is 0.370 e. The topological polar surface area (TPSA) is 73.4 Å². The first-order valence-corrected chi connectivity index (χ1v) is 6.36. The highest BCUT2D eigenvalue weighted by Crippen LogP contribution is 2.25. The first-order valence-electron chi connectivity index (χ1n) is 6.36. The summed E-state index contributed by atoms with van der Waals surface area (Å²) in [5.74, 6) is 2.00. The average molecular weight is 272 g/mol. The lowest BCUT2D eigenvalue weighted by molar-refractivity contribution is 0.230. The summed E-state index contributed by atoms with van der Waals surface area (Å²) in [5, 5.41) is 7.48. The van der Waals surface area contributed by atoms with Crippen molar-refractivity contribution in [2.75, 3.05) is 18.0 Å².